The summed E-state index contributed by atoms with van der Waals surface area (Å²) in [5.41, 5.74) is -3.43. The Morgan fingerprint density at radius 3 is 1.96 bits per heavy atom. The predicted molar refractivity (Wildman–Crippen MR) is 280 cm³/mol. The maximum atomic E-state index is 13.9. The van der Waals surface area contributed by atoms with E-state index in [-0.39, 0.29) is 31.1 Å². The third-order valence-electron chi connectivity index (χ3n) is 21.5. The average molecular weight is 1140 g/mol. The fourth-order valence-corrected chi connectivity index (χ4v) is 16.4. The fourth-order valence-electron chi connectivity index (χ4n) is 16.4. The molecule has 0 spiro atoms. The molecule has 11 N–H and O–H groups in total. The lowest BCUT2D eigenvalue weighted by atomic mass is 9.33. The minimum absolute atomic E-state index is 0.0685. The molecule has 4 saturated carbocycles. The van der Waals surface area contributed by atoms with Gasteiger partial charge in [-0.05, 0) is 107 Å². The molecule has 454 valence electrons. The number of carbonyl (C=O) groups is 3. The summed E-state index contributed by atoms with van der Waals surface area (Å²) in [6, 6.07) is 0. The number of hydrogen-bond acceptors (Lipinski definition) is 21. The predicted octanol–water partition coefficient (Wildman–Crippen LogP) is 1.69. The van der Waals surface area contributed by atoms with Gasteiger partial charge in [0.2, 0.25) is 0 Å². The van der Waals surface area contributed by atoms with Crippen molar-refractivity contribution in [1.29, 1.82) is 0 Å². The molecule has 5 aliphatic carbocycles. The number of rotatable bonds is 15. The summed E-state index contributed by atoms with van der Waals surface area (Å²) in [5.74, 6) is -5.80. The lowest BCUT2D eigenvalue weighted by Gasteiger charge is -2.72. The first-order valence-corrected chi connectivity index (χ1v) is 28.5. The molecule has 80 heavy (non-hydrogen) atoms. The molecule has 0 aromatic carbocycles. The molecule has 3 saturated heterocycles. The van der Waals surface area contributed by atoms with Crippen LogP contribution in [0.4, 0.5) is 0 Å². The van der Waals surface area contributed by atoms with Crippen molar-refractivity contribution < 1.29 is 108 Å². The molecule has 8 aliphatic rings. The highest BCUT2D eigenvalue weighted by Crippen LogP contribution is 2.76. The molecule has 24 atom stereocenters. The number of carboxylic acid groups (broad SMARTS) is 1. The van der Waals surface area contributed by atoms with Crippen molar-refractivity contribution >= 4 is 17.9 Å². The van der Waals surface area contributed by atoms with Gasteiger partial charge >= 0.3 is 17.9 Å². The Labute approximate surface area is 468 Å². The van der Waals surface area contributed by atoms with E-state index in [1.165, 1.54) is 0 Å². The molecule has 8 rings (SSSR count). The number of aliphatic hydroxyl groups is 10. The fraction of sp³-hybridized carbons (Fsp3) is 0.845. The van der Waals surface area contributed by atoms with E-state index in [9.17, 15) is 70.6 Å². The highest BCUT2D eigenvalue weighted by Gasteiger charge is 2.74. The van der Waals surface area contributed by atoms with Crippen molar-refractivity contribution in [3.63, 3.8) is 0 Å². The van der Waals surface area contributed by atoms with Gasteiger partial charge in [-0.25, -0.2) is 14.4 Å². The molecule has 24 unspecified atom stereocenters. The number of carboxylic acids is 1. The second-order valence-corrected chi connectivity index (χ2v) is 26.2. The van der Waals surface area contributed by atoms with Gasteiger partial charge in [-0.15, -0.1) is 0 Å². The summed E-state index contributed by atoms with van der Waals surface area (Å²) < 4.78 is 49.6. The second kappa shape index (κ2) is 23.1. The summed E-state index contributed by atoms with van der Waals surface area (Å²) in [6.45, 7) is 16.4. The highest BCUT2D eigenvalue weighted by molar-refractivity contribution is 5.89. The van der Waals surface area contributed by atoms with Gasteiger partial charge in [-0.3, -0.25) is 0 Å². The number of aliphatic carboxylic acids is 1. The monoisotopic (exact) mass is 1140 g/mol. The zero-order chi connectivity index (χ0) is 59.0. The van der Waals surface area contributed by atoms with Crippen LogP contribution in [0.2, 0.25) is 0 Å². The standard InChI is InChI=1S/C58H90O22/c1-11-28(3)48(70)78-45-46(79-49(71)29(4)12-2)58(26-62)32(21-52(45,5)6)31-13-14-37-53(7)17-16-39(54(8,25-61)36(53)15-18-55(37,9)56(31,10)22-38(58)64)76-51-44(77-50-42(67)41(66)40(65)35(24-60)75-50)43(33(63)19-34(74-51)47(68)69)80-57(72)20-30(23-59)73-27-57/h11-13,30,32-46,50-51,59-67,72H,14-27H2,1-10H3,(H,68,69). The number of aliphatic hydroxyl groups excluding tert-OH is 9. The third kappa shape index (κ3) is 10.4. The molecule has 7 fully saturated rings. The van der Waals surface area contributed by atoms with Crippen LogP contribution in [-0.2, 0) is 52.3 Å². The molecule has 3 aliphatic heterocycles. The van der Waals surface area contributed by atoms with E-state index < -0.39 is 193 Å². The Bertz CT molecular complexity index is 2370. The van der Waals surface area contributed by atoms with Crippen molar-refractivity contribution in [1.82, 2.24) is 0 Å². The van der Waals surface area contributed by atoms with E-state index in [2.05, 4.69) is 26.8 Å². The van der Waals surface area contributed by atoms with Crippen molar-refractivity contribution in [2.75, 3.05) is 33.0 Å². The molecule has 0 bridgehead atoms. The first-order chi connectivity index (χ1) is 37.4. The summed E-state index contributed by atoms with van der Waals surface area (Å²) >= 11 is 0. The molecule has 22 heteroatoms. The van der Waals surface area contributed by atoms with Crippen LogP contribution in [0.3, 0.4) is 0 Å². The van der Waals surface area contributed by atoms with Gasteiger partial charge in [0.15, 0.2) is 30.6 Å². The zero-order valence-electron chi connectivity index (χ0n) is 47.9. The van der Waals surface area contributed by atoms with E-state index in [4.69, 9.17) is 37.9 Å². The van der Waals surface area contributed by atoms with Crippen LogP contribution in [0, 0.1) is 50.2 Å². The number of allylic oxidation sites excluding steroid dienone is 4. The van der Waals surface area contributed by atoms with E-state index in [1.54, 1.807) is 39.8 Å². The average Bonchev–Trinajstić information content (AvgIpc) is 2.21. The van der Waals surface area contributed by atoms with Crippen molar-refractivity contribution in [2.24, 2.45) is 50.2 Å². The summed E-state index contributed by atoms with van der Waals surface area (Å²) in [7, 11) is 0. The molecule has 0 aromatic heterocycles. The van der Waals surface area contributed by atoms with Gasteiger partial charge in [0.05, 0.1) is 56.3 Å². The Kier molecular flexibility index (Phi) is 18.2. The Morgan fingerprint density at radius 2 is 1.39 bits per heavy atom. The van der Waals surface area contributed by atoms with Crippen molar-refractivity contribution in [3.8, 4) is 0 Å². The molecule has 22 nitrogen and oxygen atoms in total. The van der Waals surface area contributed by atoms with Gasteiger partial charge in [0.25, 0.3) is 0 Å². The first-order valence-electron chi connectivity index (χ1n) is 28.5. The number of carbonyl (C=O) groups excluding carboxylic acids is 2. The summed E-state index contributed by atoms with van der Waals surface area (Å²) in [4.78, 5) is 40.4. The lowest BCUT2D eigenvalue weighted by Crippen LogP contribution is -2.72. The molecule has 0 aromatic rings. The van der Waals surface area contributed by atoms with Crippen molar-refractivity contribution in [2.45, 2.75) is 225 Å². The quantitative estimate of drug-likeness (QED) is 0.0481. The van der Waals surface area contributed by atoms with Crippen LogP contribution in [0.25, 0.3) is 0 Å². The largest absolute Gasteiger partial charge is 0.479 e. The maximum Gasteiger partial charge on any atom is 0.333 e. The highest BCUT2D eigenvalue weighted by atomic mass is 16.8. The van der Waals surface area contributed by atoms with Crippen LogP contribution < -0.4 is 0 Å². The van der Waals surface area contributed by atoms with E-state index in [1.807, 2.05) is 20.8 Å². The Morgan fingerprint density at radius 1 is 0.738 bits per heavy atom. The Hall–Kier alpha value is -3.01. The van der Waals surface area contributed by atoms with Gasteiger partial charge < -0.3 is 94.1 Å². The van der Waals surface area contributed by atoms with Crippen molar-refractivity contribution in [3.05, 3.63) is 34.9 Å². The number of ether oxygens (including phenoxy) is 8. The van der Waals surface area contributed by atoms with E-state index in [0.29, 0.717) is 43.3 Å². The first kappa shape index (κ1) is 63.0. The molecule has 3 heterocycles. The van der Waals surface area contributed by atoms with Gasteiger partial charge in [-0.1, -0.05) is 65.3 Å². The number of esters is 2. The molecular weight excluding hydrogens is 1050 g/mol. The van der Waals surface area contributed by atoms with Gasteiger partial charge in [-0.2, -0.15) is 0 Å². The third-order valence-corrected chi connectivity index (χ3v) is 21.5. The molecular formula is C58H90O22. The van der Waals surface area contributed by atoms with Crippen LogP contribution in [0.15, 0.2) is 34.9 Å². The van der Waals surface area contributed by atoms with Gasteiger partial charge in [0.1, 0.15) is 49.3 Å². The zero-order valence-corrected chi connectivity index (χ0v) is 47.9. The Balaban J connectivity index is 1.15. The smallest absolute Gasteiger partial charge is 0.333 e. The van der Waals surface area contributed by atoms with Crippen LogP contribution >= 0.6 is 0 Å². The topological polar surface area (TPSA) is 348 Å². The van der Waals surface area contributed by atoms with E-state index in [0.717, 1.165) is 5.57 Å². The van der Waals surface area contributed by atoms with E-state index >= 15 is 0 Å². The van der Waals surface area contributed by atoms with Gasteiger partial charge in [0, 0.05) is 34.8 Å². The SMILES string of the molecule is CC=C(C)C(=O)OC1C(OC(=O)C(C)=CC)C2(CO)C(O)CC3(C)C(=CCC4C5(C)CCC(OC6OC(C(=O)O)CC(O)C(OC7(O)COC(CO)C7)C6OC6OC(CO)C(O)C(O)C6O)C(C)(CO)C5CCC43C)C2CC1(C)C. The minimum atomic E-state index is -2.18. The summed E-state index contributed by atoms with van der Waals surface area (Å²) in [5, 5.41) is 123. The number of hydrogen-bond donors (Lipinski definition) is 11. The molecule has 0 radical (unpaired) electrons. The molecule has 0 amide bonds. The number of fused-ring (bicyclic) bond motifs is 7. The minimum Gasteiger partial charge on any atom is -0.479 e. The normalized spacial score (nSPS) is 48.5. The lowest BCUT2D eigenvalue weighted by molar-refractivity contribution is -0.364. The van der Waals surface area contributed by atoms with Crippen LogP contribution in [0.1, 0.15) is 127 Å². The second-order valence-electron chi connectivity index (χ2n) is 26.2. The summed E-state index contributed by atoms with van der Waals surface area (Å²) in [6.07, 6.45) is -15.7. The van der Waals surface area contributed by atoms with Crippen LogP contribution in [0.5, 0.6) is 0 Å². The van der Waals surface area contributed by atoms with Crippen LogP contribution in [-0.4, -0.2) is 205 Å². The maximum absolute atomic E-state index is 13.9.